The Hall–Kier alpha value is -0.830. The molecule has 0 aliphatic heterocycles. The van der Waals surface area contributed by atoms with E-state index in [-0.39, 0.29) is 18.0 Å². The van der Waals surface area contributed by atoms with Crippen LogP contribution in [-0.4, -0.2) is 23.1 Å². The van der Waals surface area contributed by atoms with Crippen LogP contribution in [0.2, 0.25) is 0 Å². The lowest BCUT2D eigenvalue weighted by Crippen LogP contribution is -2.32. The monoisotopic (exact) mass is 210 g/mol. The van der Waals surface area contributed by atoms with Crippen LogP contribution >= 0.6 is 0 Å². The number of aliphatic hydroxyl groups excluding tert-OH is 1. The number of carbonyl (C=O) groups excluding carboxylic acids is 1. The summed E-state index contributed by atoms with van der Waals surface area (Å²) < 4.78 is 5.71. The van der Waals surface area contributed by atoms with Crippen molar-refractivity contribution in [2.24, 2.45) is 0 Å². The number of ketones is 1. The molecule has 0 bridgehead atoms. The molecule has 0 saturated heterocycles. The van der Waals surface area contributed by atoms with Crippen LogP contribution in [0.3, 0.4) is 0 Å². The number of hydrogen-bond acceptors (Lipinski definition) is 3. The summed E-state index contributed by atoms with van der Waals surface area (Å²) in [6.07, 6.45) is 7.46. The first-order chi connectivity index (χ1) is 7.25. The fraction of sp³-hybridized carbons (Fsp3) is 0.750. The van der Waals surface area contributed by atoms with Gasteiger partial charge in [-0.3, -0.25) is 4.79 Å². The van der Waals surface area contributed by atoms with E-state index in [9.17, 15) is 9.90 Å². The summed E-state index contributed by atoms with van der Waals surface area (Å²) in [5.41, 5.74) is 0. The third-order valence-electron chi connectivity index (χ3n) is 3.14. The molecule has 2 rings (SSSR count). The van der Waals surface area contributed by atoms with Gasteiger partial charge in [-0.25, -0.2) is 0 Å². The zero-order valence-corrected chi connectivity index (χ0v) is 8.95. The molecule has 1 saturated carbocycles. The molecule has 0 heterocycles. The Morgan fingerprint density at radius 2 is 2.00 bits per heavy atom. The van der Waals surface area contributed by atoms with Gasteiger partial charge in [0.05, 0.1) is 6.10 Å². The van der Waals surface area contributed by atoms with Crippen LogP contribution in [0.4, 0.5) is 0 Å². The molecule has 0 aromatic carbocycles. The summed E-state index contributed by atoms with van der Waals surface area (Å²) in [6.45, 7) is 0. The van der Waals surface area contributed by atoms with Crippen molar-refractivity contribution in [3.63, 3.8) is 0 Å². The van der Waals surface area contributed by atoms with Gasteiger partial charge in [-0.15, -0.1) is 0 Å². The quantitative estimate of drug-likeness (QED) is 0.757. The van der Waals surface area contributed by atoms with Crippen LogP contribution in [0, 0.1) is 0 Å². The van der Waals surface area contributed by atoms with E-state index in [1.807, 2.05) is 0 Å². The van der Waals surface area contributed by atoms with Gasteiger partial charge in [-0.1, -0.05) is 6.42 Å². The lowest BCUT2D eigenvalue weighted by Gasteiger charge is -2.29. The topological polar surface area (TPSA) is 46.5 Å². The molecule has 0 spiro atoms. The minimum absolute atomic E-state index is 0.0871. The minimum atomic E-state index is -0.350. The number of rotatable bonds is 2. The average molecular weight is 210 g/mol. The van der Waals surface area contributed by atoms with E-state index < -0.39 is 0 Å². The van der Waals surface area contributed by atoms with Gasteiger partial charge in [0.25, 0.3) is 0 Å². The average Bonchev–Trinajstić information content (AvgIpc) is 2.22. The van der Waals surface area contributed by atoms with E-state index in [1.54, 1.807) is 6.08 Å². The molecular weight excluding hydrogens is 192 g/mol. The molecule has 0 aromatic rings. The maximum atomic E-state index is 11.2. The summed E-state index contributed by atoms with van der Waals surface area (Å²) >= 11 is 0. The van der Waals surface area contributed by atoms with Crippen LogP contribution in [0.15, 0.2) is 11.8 Å². The van der Waals surface area contributed by atoms with E-state index in [4.69, 9.17) is 4.74 Å². The predicted molar refractivity (Wildman–Crippen MR) is 56.3 cm³/mol. The fourth-order valence-electron chi connectivity index (χ4n) is 2.26. The number of ether oxygens (including phenoxy) is 1. The SMILES string of the molecule is O=C1C=C(O[C@H]2CCCCC2O)CCC1. The van der Waals surface area contributed by atoms with E-state index in [1.165, 1.54) is 0 Å². The van der Waals surface area contributed by atoms with Crippen molar-refractivity contribution in [1.82, 2.24) is 0 Å². The summed E-state index contributed by atoms with van der Waals surface area (Å²) in [7, 11) is 0. The van der Waals surface area contributed by atoms with Crippen LogP contribution in [0.25, 0.3) is 0 Å². The van der Waals surface area contributed by atoms with Crippen molar-refractivity contribution in [3.8, 4) is 0 Å². The lowest BCUT2D eigenvalue weighted by atomic mass is 9.94. The Balaban J connectivity index is 1.92. The number of aliphatic hydroxyl groups is 1. The Kier molecular flexibility index (Phi) is 3.41. The molecule has 3 heteroatoms. The Morgan fingerprint density at radius 3 is 2.73 bits per heavy atom. The maximum absolute atomic E-state index is 11.2. The molecule has 15 heavy (non-hydrogen) atoms. The molecule has 1 unspecified atom stereocenters. The summed E-state index contributed by atoms with van der Waals surface area (Å²) in [5.74, 6) is 0.929. The van der Waals surface area contributed by atoms with E-state index >= 15 is 0 Å². The first-order valence-corrected chi connectivity index (χ1v) is 5.84. The third-order valence-corrected chi connectivity index (χ3v) is 3.14. The zero-order valence-electron chi connectivity index (χ0n) is 8.95. The summed E-state index contributed by atoms with van der Waals surface area (Å²) in [4.78, 5) is 11.2. The first-order valence-electron chi connectivity index (χ1n) is 5.84. The van der Waals surface area contributed by atoms with Gasteiger partial charge in [0.2, 0.25) is 0 Å². The molecule has 0 amide bonds. The molecule has 2 atom stereocenters. The van der Waals surface area contributed by atoms with E-state index in [0.717, 1.165) is 44.3 Å². The van der Waals surface area contributed by atoms with Crippen LogP contribution in [-0.2, 0) is 9.53 Å². The van der Waals surface area contributed by atoms with Gasteiger partial charge in [-0.2, -0.15) is 0 Å². The van der Waals surface area contributed by atoms with Gasteiger partial charge in [-0.05, 0) is 25.7 Å². The molecule has 2 aliphatic carbocycles. The predicted octanol–water partition coefficient (Wildman–Crippen LogP) is 1.94. The van der Waals surface area contributed by atoms with Crippen molar-refractivity contribution < 1.29 is 14.6 Å². The number of allylic oxidation sites excluding steroid dienone is 2. The Bertz CT molecular complexity index is 270. The van der Waals surface area contributed by atoms with Gasteiger partial charge in [0.15, 0.2) is 5.78 Å². The van der Waals surface area contributed by atoms with Crippen molar-refractivity contribution in [3.05, 3.63) is 11.8 Å². The third kappa shape index (κ3) is 2.81. The van der Waals surface area contributed by atoms with Gasteiger partial charge < -0.3 is 9.84 Å². The standard InChI is InChI=1S/C12H18O3/c13-9-4-3-5-10(8-9)15-12-7-2-1-6-11(12)14/h8,11-12,14H,1-7H2/t11?,12-/m0/s1. The molecule has 1 fully saturated rings. The van der Waals surface area contributed by atoms with Crippen LogP contribution < -0.4 is 0 Å². The van der Waals surface area contributed by atoms with E-state index in [0.29, 0.717) is 6.42 Å². The highest BCUT2D eigenvalue weighted by molar-refractivity contribution is 5.90. The first kappa shape index (κ1) is 10.7. The molecule has 0 aromatic heterocycles. The second-order valence-electron chi connectivity index (χ2n) is 4.44. The number of carbonyl (C=O) groups is 1. The van der Waals surface area contributed by atoms with E-state index in [2.05, 4.69) is 0 Å². The number of hydrogen-bond donors (Lipinski definition) is 1. The maximum Gasteiger partial charge on any atom is 0.159 e. The summed E-state index contributed by atoms with van der Waals surface area (Å²) in [5, 5.41) is 9.73. The van der Waals surface area contributed by atoms with Gasteiger partial charge in [0, 0.05) is 18.9 Å². The fourth-order valence-corrected chi connectivity index (χ4v) is 2.26. The van der Waals surface area contributed by atoms with Crippen molar-refractivity contribution in [2.45, 2.75) is 57.2 Å². The second kappa shape index (κ2) is 4.79. The Labute approximate surface area is 90.1 Å². The highest BCUT2D eigenvalue weighted by Gasteiger charge is 2.26. The normalized spacial score (nSPS) is 32.3. The van der Waals surface area contributed by atoms with Crippen LogP contribution in [0.1, 0.15) is 44.9 Å². The molecular formula is C12H18O3. The van der Waals surface area contributed by atoms with Gasteiger partial charge >= 0.3 is 0 Å². The van der Waals surface area contributed by atoms with Crippen molar-refractivity contribution in [2.75, 3.05) is 0 Å². The van der Waals surface area contributed by atoms with Crippen molar-refractivity contribution >= 4 is 5.78 Å². The van der Waals surface area contributed by atoms with Crippen molar-refractivity contribution in [1.29, 1.82) is 0 Å². The molecule has 0 radical (unpaired) electrons. The minimum Gasteiger partial charge on any atom is -0.492 e. The second-order valence-corrected chi connectivity index (χ2v) is 4.44. The lowest BCUT2D eigenvalue weighted by molar-refractivity contribution is -0.115. The molecule has 3 nitrogen and oxygen atoms in total. The summed E-state index contributed by atoms with van der Waals surface area (Å²) in [6, 6.07) is 0. The van der Waals surface area contributed by atoms with Crippen LogP contribution in [0.5, 0.6) is 0 Å². The zero-order chi connectivity index (χ0) is 10.7. The Morgan fingerprint density at radius 1 is 1.20 bits per heavy atom. The highest BCUT2D eigenvalue weighted by atomic mass is 16.5. The smallest absolute Gasteiger partial charge is 0.159 e. The molecule has 1 N–H and O–H groups in total. The molecule has 2 aliphatic rings. The van der Waals surface area contributed by atoms with Gasteiger partial charge in [0.1, 0.15) is 11.9 Å². The largest absolute Gasteiger partial charge is 0.492 e. The molecule has 84 valence electrons. The highest BCUT2D eigenvalue weighted by Crippen LogP contribution is 2.26.